The van der Waals surface area contributed by atoms with E-state index >= 15 is 0 Å². The van der Waals surface area contributed by atoms with E-state index in [0.717, 1.165) is 42.8 Å². The molecule has 0 spiro atoms. The van der Waals surface area contributed by atoms with Gasteiger partial charge in [0, 0.05) is 18.3 Å². The number of nitrogens with zero attached hydrogens (tertiary/aromatic N) is 2. The second kappa shape index (κ2) is 8.65. The van der Waals surface area contributed by atoms with Gasteiger partial charge in [0.15, 0.2) is 5.96 Å². The Balaban J connectivity index is 1.72. The van der Waals surface area contributed by atoms with Gasteiger partial charge in [0.25, 0.3) is 0 Å². The van der Waals surface area contributed by atoms with Crippen LogP contribution < -0.4 is 11.1 Å². The van der Waals surface area contributed by atoms with Gasteiger partial charge in [0.05, 0.1) is 5.56 Å². The first-order valence-corrected chi connectivity index (χ1v) is 9.34. The molecule has 2 aromatic rings. The van der Waals surface area contributed by atoms with Crippen LogP contribution in [-0.2, 0) is 6.18 Å². The molecular weight excluding hydrogens is 365 g/mol. The second-order valence-electron chi connectivity index (χ2n) is 7.16. The Morgan fingerprint density at radius 3 is 2.46 bits per heavy atom. The monoisotopic (exact) mass is 390 g/mol. The summed E-state index contributed by atoms with van der Waals surface area (Å²) in [6.45, 7) is 1.42. The molecule has 0 amide bonds. The van der Waals surface area contributed by atoms with Crippen LogP contribution in [0.3, 0.4) is 0 Å². The molecule has 2 unspecified atom stereocenters. The molecule has 2 aromatic carbocycles. The third-order valence-electron chi connectivity index (χ3n) is 5.13. The third-order valence-corrected chi connectivity index (χ3v) is 5.13. The fourth-order valence-electron chi connectivity index (χ4n) is 3.77. The molecule has 1 aliphatic rings. The van der Waals surface area contributed by atoms with Gasteiger partial charge in [-0.25, -0.2) is 0 Å². The summed E-state index contributed by atoms with van der Waals surface area (Å²) in [4.78, 5) is 6.67. The summed E-state index contributed by atoms with van der Waals surface area (Å²) in [6.07, 6.45) is -2.34. The van der Waals surface area contributed by atoms with Crippen LogP contribution in [0.1, 0.15) is 30.0 Å². The third kappa shape index (κ3) is 5.04. The number of hydrogen-bond acceptors (Lipinski definition) is 2. The summed E-state index contributed by atoms with van der Waals surface area (Å²) in [7, 11) is 2.00. The largest absolute Gasteiger partial charge is 0.416 e. The SMILES string of the molecule is CN1CCCC(CN=C(N)Nc2ccccc2)C1c1ccc(C(F)(F)F)cc1. The molecule has 28 heavy (non-hydrogen) atoms. The number of piperidine rings is 1. The highest BCUT2D eigenvalue weighted by Crippen LogP contribution is 2.37. The van der Waals surface area contributed by atoms with Crippen LogP contribution in [-0.4, -0.2) is 31.0 Å². The van der Waals surface area contributed by atoms with Gasteiger partial charge in [-0.3, -0.25) is 9.89 Å². The predicted octanol–water partition coefficient (Wildman–Crippen LogP) is 4.52. The molecule has 1 heterocycles. The highest BCUT2D eigenvalue weighted by atomic mass is 19.4. The number of anilines is 1. The van der Waals surface area contributed by atoms with E-state index in [1.54, 1.807) is 12.1 Å². The first-order valence-electron chi connectivity index (χ1n) is 9.34. The molecule has 1 fully saturated rings. The quantitative estimate of drug-likeness (QED) is 0.596. The van der Waals surface area contributed by atoms with E-state index in [2.05, 4.69) is 15.2 Å². The Bertz CT molecular complexity index is 788. The maximum absolute atomic E-state index is 12.9. The van der Waals surface area contributed by atoms with E-state index in [1.165, 1.54) is 0 Å². The van der Waals surface area contributed by atoms with Crippen LogP contribution in [0.2, 0.25) is 0 Å². The van der Waals surface area contributed by atoms with Gasteiger partial charge in [-0.1, -0.05) is 30.3 Å². The predicted molar refractivity (Wildman–Crippen MR) is 106 cm³/mol. The lowest BCUT2D eigenvalue weighted by Crippen LogP contribution is -2.38. The van der Waals surface area contributed by atoms with E-state index < -0.39 is 11.7 Å². The van der Waals surface area contributed by atoms with Crippen molar-refractivity contribution in [1.82, 2.24) is 4.90 Å². The van der Waals surface area contributed by atoms with E-state index in [9.17, 15) is 13.2 Å². The van der Waals surface area contributed by atoms with Crippen molar-refractivity contribution in [3.8, 4) is 0 Å². The van der Waals surface area contributed by atoms with Crippen LogP contribution in [0.4, 0.5) is 18.9 Å². The smallest absolute Gasteiger partial charge is 0.370 e. The molecule has 1 saturated heterocycles. The Morgan fingerprint density at radius 2 is 1.82 bits per heavy atom. The van der Waals surface area contributed by atoms with E-state index in [0.29, 0.717) is 12.5 Å². The number of rotatable bonds is 4. The zero-order valence-electron chi connectivity index (χ0n) is 15.8. The lowest BCUT2D eigenvalue weighted by molar-refractivity contribution is -0.137. The summed E-state index contributed by atoms with van der Waals surface area (Å²) in [6, 6.07) is 15.0. The molecule has 0 saturated carbocycles. The zero-order chi connectivity index (χ0) is 20.1. The average Bonchev–Trinajstić information content (AvgIpc) is 2.67. The minimum Gasteiger partial charge on any atom is -0.370 e. The van der Waals surface area contributed by atoms with Gasteiger partial charge in [0.1, 0.15) is 0 Å². The number of halogens is 3. The molecule has 1 aliphatic heterocycles. The fraction of sp³-hybridized carbons (Fsp3) is 0.381. The topological polar surface area (TPSA) is 53.6 Å². The minimum absolute atomic E-state index is 0.0179. The van der Waals surface area contributed by atoms with Crippen molar-refractivity contribution in [3.05, 3.63) is 65.7 Å². The first kappa shape index (κ1) is 20.2. The molecule has 150 valence electrons. The maximum Gasteiger partial charge on any atom is 0.416 e. The van der Waals surface area contributed by atoms with Gasteiger partial charge >= 0.3 is 6.18 Å². The summed E-state index contributed by atoms with van der Waals surface area (Å²) < 4.78 is 38.6. The maximum atomic E-state index is 12.9. The van der Waals surface area contributed by atoms with Crippen molar-refractivity contribution in [2.75, 3.05) is 25.5 Å². The van der Waals surface area contributed by atoms with Gasteiger partial charge in [0.2, 0.25) is 0 Å². The molecule has 7 heteroatoms. The van der Waals surface area contributed by atoms with Crippen molar-refractivity contribution in [1.29, 1.82) is 0 Å². The van der Waals surface area contributed by atoms with E-state index in [-0.39, 0.29) is 12.0 Å². The van der Waals surface area contributed by atoms with Crippen molar-refractivity contribution in [2.45, 2.75) is 25.1 Å². The lowest BCUT2D eigenvalue weighted by Gasteiger charge is -2.39. The molecule has 4 nitrogen and oxygen atoms in total. The number of nitrogens with one attached hydrogen (secondary N) is 1. The molecule has 3 N–H and O–H groups in total. The minimum atomic E-state index is -4.32. The normalized spacial score (nSPS) is 21.5. The van der Waals surface area contributed by atoms with Crippen LogP contribution in [0.15, 0.2) is 59.6 Å². The number of benzene rings is 2. The van der Waals surface area contributed by atoms with Crippen LogP contribution in [0.5, 0.6) is 0 Å². The molecule has 0 radical (unpaired) electrons. The lowest BCUT2D eigenvalue weighted by atomic mass is 9.84. The van der Waals surface area contributed by atoms with Gasteiger partial charge < -0.3 is 11.1 Å². The standard InChI is InChI=1S/C21H25F3N4/c1-28-13-5-6-16(14-26-20(25)27-18-7-3-2-4-8-18)19(28)15-9-11-17(12-10-15)21(22,23)24/h2-4,7-12,16,19H,5-6,13-14H2,1H3,(H3,25,26,27). The first-order chi connectivity index (χ1) is 13.3. The van der Waals surface area contributed by atoms with Crippen LogP contribution >= 0.6 is 0 Å². The Morgan fingerprint density at radius 1 is 1.14 bits per heavy atom. The Labute approximate surface area is 163 Å². The van der Waals surface area contributed by atoms with Crippen molar-refractivity contribution < 1.29 is 13.2 Å². The number of likely N-dealkylation sites (tertiary alicyclic amines) is 1. The molecule has 0 bridgehead atoms. The van der Waals surface area contributed by atoms with E-state index in [4.69, 9.17) is 5.73 Å². The molecule has 2 atom stereocenters. The zero-order valence-corrected chi connectivity index (χ0v) is 15.8. The molecule has 0 aliphatic carbocycles. The summed E-state index contributed by atoms with van der Waals surface area (Å²) in [5.41, 5.74) is 7.13. The summed E-state index contributed by atoms with van der Waals surface area (Å²) in [5, 5.41) is 3.06. The van der Waals surface area contributed by atoms with Crippen molar-refractivity contribution >= 4 is 11.6 Å². The van der Waals surface area contributed by atoms with Gasteiger partial charge in [-0.15, -0.1) is 0 Å². The number of hydrogen-bond donors (Lipinski definition) is 2. The second-order valence-corrected chi connectivity index (χ2v) is 7.16. The molecule has 0 aromatic heterocycles. The summed E-state index contributed by atoms with van der Waals surface area (Å²) >= 11 is 0. The number of para-hydroxylation sites is 1. The number of aliphatic imine (C=N–C) groups is 1. The van der Waals surface area contributed by atoms with Crippen LogP contribution in [0.25, 0.3) is 0 Å². The van der Waals surface area contributed by atoms with Crippen molar-refractivity contribution in [3.63, 3.8) is 0 Å². The van der Waals surface area contributed by atoms with Crippen molar-refractivity contribution in [2.24, 2.45) is 16.6 Å². The number of nitrogens with two attached hydrogens (primary N) is 1. The molecule has 3 rings (SSSR count). The highest BCUT2D eigenvalue weighted by molar-refractivity contribution is 5.92. The van der Waals surface area contributed by atoms with Gasteiger partial charge in [-0.2, -0.15) is 13.2 Å². The van der Waals surface area contributed by atoms with Crippen LogP contribution in [0, 0.1) is 5.92 Å². The fourth-order valence-corrected chi connectivity index (χ4v) is 3.77. The Hall–Kier alpha value is -2.54. The number of guanidine groups is 1. The Kier molecular flexibility index (Phi) is 6.24. The highest BCUT2D eigenvalue weighted by Gasteiger charge is 2.33. The average molecular weight is 390 g/mol. The van der Waals surface area contributed by atoms with E-state index in [1.807, 2.05) is 37.4 Å². The molecular formula is C21H25F3N4. The summed E-state index contributed by atoms with van der Waals surface area (Å²) in [5.74, 6) is 0.525. The number of alkyl halides is 3. The van der Waals surface area contributed by atoms with Gasteiger partial charge in [-0.05, 0) is 62.2 Å².